The van der Waals surface area contributed by atoms with Crippen LogP contribution in [-0.4, -0.2) is 63.2 Å². The van der Waals surface area contributed by atoms with Gasteiger partial charge in [-0.15, -0.1) is 0 Å². The second-order valence-corrected chi connectivity index (χ2v) is 7.39. The molecule has 3 aromatic rings. The Kier molecular flexibility index (Phi) is 7.39. The van der Waals surface area contributed by atoms with Gasteiger partial charge in [0.1, 0.15) is 5.82 Å². The minimum atomic E-state index is -5.08. The normalized spacial score (nSPS) is 13.6. The number of aromatic nitrogens is 2. The summed E-state index contributed by atoms with van der Waals surface area (Å²) < 4.78 is 33.8. The summed E-state index contributed by atoms with van der Waals surface area (Å²) in [5, 5.41) is 13.2. The molecule has 12 heteroatoms. The van der Waals surface area contributed by atoms with E-state index in [9.17, 15) is 22.8 Å². The average molecular weight is 477 g/mol. The summed E-state index contributed by atoms with van der Waals surface area (Å²) in [6, 6.07) is 15.3. The fraction of sp³-hybridized carbons (Fsp3) is 0.273. The number of aryl methyl sites for hydroxylation is 1. The maximum Gasteiger partial charge on any atom is 0.490 e. The number of piperazine rings is 1. The summed E-state index contributed by atoms with van der Waals surface area (Å²) >= 11 is 0. The number of alkyl halides is 3. The molecule has 0 spiro atoms. The summed E-state index contributed by atoms with van der Waals surface area (Å²) in [6.07, 6.45) is -5.08. The third-order valence-electron chi connectivity index (χ3n) is 5.03. The molecular weight excluding hydrogens is 455 g/mol. The number of hydrogen-bond donors (Lipinski definition) is 3. The molecule has 1 aliphatic rings. The summed E-state index contributed by atoms with van der Waals surface area (Å²) in [7, 11) is 2.00. The van der Waals surface area contributed by atoms with Gasteiger partial charge in [0.25, 0.3) is 5.91 Å². The molecule has 0 saturated carbocycles. The summed E-state index contributed by atoms with van der Waals surface area (Å²) in [4.78, 5) is 39.1. The zero-order valence-electron chi connectivity index (χ0n) is 18.1. The number of carboxylic acid groups (broad SMARTS) is 1. The Morgan fingerprint density at radius 3 is 2.38 bits per heavy atom. The predicted molar refractivity (Wildman–Crippen MR) is 117 cm³/mol. The van der Waals surface area contributed by atoms with Crippen LogP contribution in [0.15, 0.2) is 48.5 Å². The Hall–Kier alpha value is -4.09. The van der Waals surface area contributed by atoms with Crippen LogP contribution < -0.4 is 10.6 Å². The van der Waals surface area contributed by atoms with Gasteiger partial charge >= 0.3 is 12.1 Å². The van der Waals surface area contributed by atoms with Crippen molar-refractivity contribution in [3.8, 4) is 0 Å². The highest BCUT2D eigenvalue weighted by Crippen LogP contribution is 2.17. The van der Waals surface area contributed by atoms with E-state index in [1.54, 1.807) is 17.0 Å². The van der Waals surface area contributed by atoms with E-state index in [0.717, 1.165) is 22.5 Å². The predicted octanol–water partition coefficient (Wildman–Crippen LogP) is 2.39. The number of carboxylic acids is 1. The van der Waals surface area contributed by atoms with Crippen LogP contribution in [-0.2, 0) is 23.2 Å². The van der Waals surface area contributed by atoms with E-state index in [2.05, 4.69) is 20.2 Å². The van der Waals surface area contributed by atoms with Crippen LogP contribution in [0.25, 0.3) is 11.0 Å². The molecule has 1 saturated heterocycles. The Labute approximate surface area is 192 Å². The molecule has 1 aromatic heterocycles. The number of para-hydroxylation sites is 2. The van der Waals surface area contributed by atoms with Gasteiger partial charge in [0, 0.05) is 31.4 Å². The average Bonchev–Trinajstić information content (AvgIpc) is 3.13. The fourth-order valence-corrected chi connectivity index (χ4v) is 3.26. The van der Waals surface area contributed by atoms with Gasteiger partial charge in [0.15, 0.2) is 0 Å². The van der Waals surface area contributed by atoms with E-state index in [0.29, 0.717) is 25.2 Å². The molecule has 0 radical (unpaired) electrons. The zero-order valence-corrected chi connectivity index (χ0v) is 18.1. The molecule has 0 atom stereocenters. The number of anilines is 1. The number of halogens is 3. The van der Waals surface area contributed by atoms with Crippen LogP contribution >= 0.6 is 0 Å². The molecule has 2 heterocycles. The zero-order chi connectivity index (χ0) is 24.9. The number of benzene rings is 2. The van der Waals surface area contributed by atoms with E-state index in [1.807, 2.05) is 43.4 Å². The number of carbonyl (C=O) groups excluding carboxylic acids is 2. The van der Waals surface area contributed by atoms with Crippen molar-refractivity contribution in [1.29, 1.82) is 0 Å². The summed E-state index contributed by atoms with van der Waals surface area (Å²) in [5.41, 5.74) is 3.57. The van der Waals surface area contributed by atoms with Crippen molar-refractivity contribution >= 4 is 34.5 Å². The van der Waals surface area contributed by atoms with Crippen molar-refractivity contribution in [2.24, 2.45) is 7.05 Å². The van der Waals surface area contributed by atoms with E-state index in [4.69, 9.17) is 9.90 Å². The third kappa shape index (κ3) is 6.03. The molecule has 9 nitrogen and oxygen atoms in total. The molecule has 1 fully saturated rings. The third-order valence-corrected chi connectivity index (χ3v) is 5.03. The van der Waals surface area contributed by atoms with Crippen LogP contribution in [0.2, 0.25) is 0 Å². The number of imidazole rings is 1. The highest BCUT2D eigenvalue weighted by Gasteiger charge is 2.38. The minimum Gasteiger partial charge on any atom is -0.475 e. The Morgan fingerprint density at radius 1 is 1.15 bits per heavy atom. The number of aliphatic carboxylic acids is 1. The van der Waals surface area contributed by atoms with Gasteiger partial charge in [0.05, 0.1) is 24.1 Å². The second kappa shape index (κ2) is 10.2. The van der Waals surface area contributed by atoms with Crippen LogP contribution in [0.3, 0.4) is 0 Å². The van der Waals surface area contributed by atoms with E-state index >= 15 is 0 Å². The van der Waals surface area contributed by atoms with Crippen molar-refractivity contribution in [2.45, 2.75) is 12.7 Å². The maximum atomic E-state index is 12.5. The highest BCUT2D eigenvalue weighted by molar-refractivity contribution is 5.97. The van der Waals surface area contributed by atoms with Crippen molar-refractivity contribution in [3.05, 3.63) is 59.9 Å². The van der Waals surface area contributed by atoms with Crippen LogP contribution in [0.4, 0.5) is 18.9 Å². The van der Waals surface area contributed by atoms with Crippen molar-refractivity contribution in [3.63, 3.8) is 0 Å². The van der Waals surface area contributed by atoms with Gasteiger partial charge in [-0.25, -0.2) is 9.78 Å². The minimum absolute atomic E-state index is 0.115. The monoisotopic (exact) mass is 477 g/mol. The first kappa shape index (κ1) is 24.6. The molecule has 2 aromatic carbocycles. The number of amides is 2. The molecule has 4 rings (SSSR count). The van der Waals surface area contributed by atoms with E-state index in [1.165, 1.54) is 0 Å². The number of nitrogens with one attached hydrogen (secondary N) is 2. The first-order valence-corrected chi connectivity index (χ1v) is 10.2. The number of carbonyl (C=O) groups is 3. The van der Waals surface area contributed by atoms with Crippen LogP contribution in [0.1, 0.15) is 16.2 Å². The molecule has 2 amide bonds. The van der Waals surface area contributed by atoms with Gasteiger partial charge in [-0.3, -0.25) is 9.59 Å². The lowest BCUT2D eigenvalue weighted by Gasteiger charge is -2.26. The lowest BCUT2D eigenvalue weighted by molar-refractivity contribution is -0.192. The van der Waals surface area contributed by atoms with Gasteiger partial charge < -0.3 is 25.2 Å². The Bertz CT molecular complexity index is 1190. The van der Waals surface area contributed by atoms with Crippen LogP contribution in [0.5, 0.6) is 0 Å². The smallest absolute Gasteiger partial charge is 0.475 e. The molecule has 3 N–H and O–H groups in total. The summed E-state index contributed by atoms with van der Waals surface area (Å²) in [6.45, 7) is 1.75. The lowest BCUT2D eigenvalue weighted by Crippen LogP contribution is -2.49. The number of fused-ring (bicyclic) bond motifs is 1. The lowest BCUT2D eigenvalue weighted by atomic mass is 10.1. The Balaban J connectivity index is 0.000000406. The molecule has 1 aliphatic heterocycles. The first-order valence-electron chi connectivity index (χ1n) is 10.2. The van der Waals surface area contributed by atoms with Gasteiger partial charge in [-0.1, -0.05) is 12.1 Å². The topological polar surface area (TPSA) is 117 Å². The fourth-order valence-electron chi connectivity index (χ4n) is 3.26. The van der Waals surface area contributed by atoms with Crippen molar-refractivity contribution < 1.29 is 32.7 Å². The largest absolute Gasteiger partial charge is 0.490 e. The number of nitrogens with zero attached hydrogens (tertiary/aromatic N) is 3. The van der Waals surface area contributed by atoms with Crippen LogP contribution in [0, 0.1) is 0 Å². The molecule has 0 bridgehead atoms. The van der Waals surface area contributed by atoms with E-state index < -0.39 is 12.1 Å². The molecule has 180 valence electrons. The molecule has 34 heavy (non-hydrogen) atoms. The Morgan fingerprint density at radius 2 is 1.79 bits per heavy atom. The van der Waals surface area contributed by atoms with Gasteiger partial charge in [-0.2, -0.15) is 13.2 Å². The standard InChI is InChI=1S/C20H21N5O2.C2HF3O2/c1-24-17-5-3-2-4-16(17)23-18(24)12-22-15-8-6-14(7-9-15)20(27)25-11-10-21-19(26)13-25;3-2(4,5)1(6)7/h2-9,22H,10-13H2,1H3,(H,21,26);(H,6,7). The SMILES string of the molecule is Cn1c(CNc2ccc(C(=O)N3CCNC(=O)C3)cc2)nc2ccccc21.O=C(O)C(F)(F)F. The van der Waals surface area contributed by atoms with Gasteiger partial charge in [0.2, 0.25) is 5.91 Å². The van der Waals surface area contributed by atoms with Crippen molar-refractivity contribution in [1.82, 2.24) is 19.8 Å². The van der Waals surface area contributed by atoms with E-state index in [-0.39, 0.29) is 18.4 Å². The number of rotatable bonds is 4. The number of hydrogen-bond acceptors (Lipinski definition) is 5. The summed E-state index contributed by atoms with van der Waals surface area (Å²) in [5.74, 6) is -2.05. The molecule has 0 unspecified atom stereocenters. The van der Waals surface area contributed by atoms with Crippen molar-refractivity contribution in [2.75, 3.05) is 25.0 Å². The highest BCUT2D eigenvalue weighted by atomic mass is 19.4. The first-order chi connectivity index (χ1) is 16.1. The quantitative estimate of drug-likeness (QED) is 0.532. The second-order valence-electron chi connectivity index (χ2n) is 7.39. The van der Waals surface area contributed by atoms with Gasteiger partial charge in [-0.05, 0) is 36.4 Å². The molecular formula is C22H22F3N5O4. The maximum absolute atomic E-state index is 12.5. The molecule has 0 aliphatic carbocycles.